The molecule has 0 aromatic rings. The molecular formula is C12H24N2O2. The van der Waals surface area contributed by atoms with Crippen LogP contribution in [0.5, 0.6) is 0 Å². The number of nitrogens with zero attached hydrogens (tertiary/aromatic N) is 1. The van der Waals surface area contributed by atoms with E-state index >= 15 is 0 Å². The summed E-state index contributed by atoms with van der Waals surface area (Å²) in [4.78, 5) is 2.50. The van der Waals surface area contributed by atoms with Gasteiger partial charge in [0.2, 0.25) is 0 Å². The van der Waals surface area contributed by atoms with Crippen molar-refractivity contribution in [1.82, 2.24) is 4.90 Å². The standard InChI is InChI=1S/C12H24N2O2/c13-9-12(11-1-5-15-6-2-11)10-14-3-7-16-8-4-14/h11-12H,1-10,13H2. The summed E-state index contributed by atoms with van der Waals surface area (Å²) >= 11 is 0. The summed E-state index contributed by atoms with van der Waals surface area (Å²) in [6.45, 7) is 7.69. The molecule has 0 aromatic carbocycles. The predicted molar refractivity (Wildman–Crippen MR) is 63.3 cm³/mol. The van der Waals surface area contributed by atoms with E-state index < -0.39 is 0 Å². The molecule has 2 fully saturated rings. The third-order valence-corrected chi connectivity index (χ3v) is 3.83. The summed E-state index contributed by atoms with van der Waals surface area (Å²) in [6.07, 6.45) is 2.37. The summed E-state index contributed by atoms with van der Waals surface area (Å²) in [5.41, 5.74) is 5.92. The first-order valence-corrected chi connectivity index (χ1v) is 6.48. The van der Waals surface area contributed by atoms with Crippen molar-refractivity contribution in [2.75, 3.05) is 52.6 Å². The van der Waals surface area contributed by atoms with Crippen LogP contribution in [-0.4, -0.2) is 57.5 Å². The molecule has 4 nitrogen and oxygen atoms in total. The zero-order valence-electron chi connectivity index (χ0n) is 10.1. The molecule has 0 saturated carbocycles. The second-order valence-electron chi connectivity index (χ2n) is 4.86. The summed E-state index contributed by atoms with van der Waals surface area (Å²) < 4.78 is 10.8. The fourth-order valence-corrected chi connectivity index (χ4v) is 2.72. The maximum atomic E-state index is 5.92. The lowest BCUT2D eigenvalue weighted by molar-refractivity contribution is 0.00976. The molecule has 0 aromatic heterocycles. The second-order valence-corrected chi connectivity index (χ2v) is 4.86. The van der Waals surface area contributed by atoms with Crippen LogP contribution in [0.1, 0.15) is 12.8 Å². The number of nitrogens with two attached hydrogens (primary N) is 1. The Balaban J connectivity index is 1.78. The SMILES string of the molecule is NCC(CN1CCOCC1)C1CCOCC1. The molecule has 2 N–H and O–H groups in total. The molecule has 0 bridgehead atoms. The molecule has 4 heteroatoms. The normalized spacial score (nSPS) is 26.8. The fourth-order valence-electron chi connectivity index (χ4n) is 2.72. The van der Waals surface area contributed by atoms with Crippen LogP contribution in [0, 0.1) is 11.8 Å². The maximum absolute atomic E-state index is 5.92. The van der Waals surface area contributed by atoms with Crippen LogP contribution in [0.25, 0.3) is 0 Å². The van der Waals surface area contributed by atoms with Crippen molar-refractivity contribution in [3.8, 4) is 0 Å². The number of morpholine rings is 1. The maximum Gasteiger partial charge on any atom is 0.0594 e. The molecule has 2 aliphatic rings. The van der Waals surface area contributed by atoms with Gasteiger partial charge in [0.05, 0.1) is 13.2 Å². The van der Waals surface area contributed by atoms with E-state index in [9.17, 15) is 0 Å². The summed E-state index contributed by atoms with van der Waals surface area (Å²) in [6, 6.07) is 0. The van der Waals surface area contributed by atoms with Crippen molar-refractivity contribution in [2.24, 2.45) is 17.6 Å². The predicted octanol–water partition coefficient (Wildman–Crippen LogP) is 0.320. The highest BCUT2D eigenvalue weighted by Gasteiger charge is 2.25. The van der Waals surface area contributed by atoms with Crippen molar-refractivity contribution >= 4 is 0 Å². The average molecular weight is 228 g/mol. The molecule has 2 heterocycles. The van der Waals surface area contributed by atoms with Crippen molar-refractivity contribution in [3.05, 3.63) is 0 Å². The average Bonchev–Trinajstić information content (AvgIpc) is 2.38. The third-order valence-electron chi connectivity index (χ3n) is 3.83. The van der Waals surface area contributed by atoms with Crippen molar-refractivity contribution in [3.63, 3.8) is 0 Å². The lowest BCUT2D eigenvalue weighted by atomic mass is 9.85. The van der Waals surface area contributed by atoms with Gasteiger partial charge < -0.3 is 15.2 Å². The van der Waals surface area contributed by atoms with E-state index in [0.717, 1.165) is 58.5 Å². The van der Waals surface area contributed by atoms with Crippen LogP contribution in [0.3, 0.4) is 0 Å². The van der Waals surface area contributed by atoms with Crippen molar-refractivity contribution in [2.45, 2.75) is 12.8 Å². The zero-order valence-corrected chi connectivity index (χ0v) is 10.1. The highest BCUT2D eigenvalue weighted by molar-refractivity contribution is 4.77. The van der Waals surface area contributed by atoms with Gasteiger partial charge in [-0.3, -0.25) is 4.90 Å². The molecule has 1 unspecified atom stereocenters. The minimum Gasteiger partial charge on any atom is -0.381 e. The first-order valence-electron chi connectivity index (χ1n) is 6.48. The van der Waals surface area contributed by atoms with Gasteiger partial charge in [-0.05, 0) is 31.2 Å². The molecule has 0 spiro atoms. The summed E-state index contributed by atoms with van der Waals surface area (Å²) in [7, 11) is 0. The number of ether oxygens (including phenoxy) is 2. The van der Waals surface area contributed by atoms with Crippen molar-refractivity contribution < 1.29 is 9.47 Å². The minimum absolute atomic E-state index is 0.641. The third kappa shape index (κ3) is 3.42. The van der Waals surface area contributed by atoms with Gasteiger partial charge in [0.1, 0.15) is 0 Å². The molecule has 2 rings (SSSR count). The van der Waals surface area contributed by atoms with Gasteiger partial charge in [-0.15, -0.1) is 0 Å². The molecule has 94 valence electrons. The van der Waals surface area contributed by atoms with Gasteiger partial charge in [0, 0.05) is 32.8 Å². The Kier molecular flexibility index (Phi) is 5.03. The number of hydrogen-bond donors (Lipinski definition) is 1. The molecule has 0 radical (unpaired) electrons. The first kappa shape index (κ1) is 12.3. The van der Waals surface area contributed by atoms with Crippen LogP contribution >= 0.6 is 0 Å². The Morgan fingerprint density at radius 2 is 1.69 bits per heavy atom. The van der Waals surface area contributed by atoms with E-state index in [1.165, 1.54) is 12.8 Å². The quantitative estimate of drug-likeness (QED) is 0.753. The Morgan fingerprint density at radius 1 is 1.06 bits per heavy atom. The molecule has 2 aliphatic heterocycles. The van der Waals surface area contributed by atoms with E-state index in [2.05, 4.69) is 4.90 Å². The Bertz CT molecular complexity index is 189. The van der Waals surface area contributed by atoms with Gasteiger partial charge in [0.15, 0.2) is 0 Å². The fraction of sp³-hybridized carbons (Fsp3) is 1.00. The topological polar surface area (TPSA) is 47.7 Å². The largest absolute Gasteiger partial charge is 0.381 e. The van der Waals surface area contributed by atoms with E-state index in [0.29, 0.717) is 5.92 Å². The van der Waals surface area contributed by atoms with E-state index in [4.69, 9.17) is 15.2 Å². The lowest BCUT2D eigenvalue weighted by Gasteiger charge is -2.35. The van der Waals surface area contributed by atoms with Crippen LogP contribution in [-0.2, 0) is 9.47 Å². The first-order chi connectivity index (χ1) is 7.90. The van der Waals surface area contributed by atoms with Crippen molar-refractivity contribution in [1.29, 1.82) is 0 Å². The van der Waals surface area contributed by atoms with Gasteiger partial charge in [-0.25, -0.2) is 0 Å². The Morgan fingerprint density at radius 3 is 2.31 bits per heavy atom. The molecular weight excluding hydrogens is 204 g/mol. The molecule has 16 heavy (non-hydrogen) atoms. The zero-order chi connectivity index (χ0) is 11.2. The van der Waals surface area contributed by atoms with Gasteiger partial charge in [-0.1, -0.05) is 0 Å². The lowest BCUT2D eigenvalue weighted by Crippen LogP contribution is -2.43. The van der Waals surface area contributed by atoms with Gasteiger partial charge in [-0.2, -0.15) is 0 Å². The Hall–Kier alpha value is -0.160. The Labute approximate surface area is 98.1 Å². The van der Waals surface area contributed by atoms with Crippen LogP contribution in [0.4, 0.5) is 0 Å². The van der Waals surface area contributed by atoms with E-state index in [1.54, 1.807) is 0 Å². The second kappa shape index (κ2) is 6.55. The van der Waals surface area contributed by atoms with Crippen LogP contribution in [0.2, 0.25) is 0 Å². The van der Waals surface area contributed by atoms with E-state index in [-0.39, 0.29) is 0 Å². The van der Waals surface area contributed by atoms with Crippen LogP contribution < -0.4 is 5.73 Å². The highest BCUT2D eigenvalue weighted by atomic mass is 16.5. The summed E-state index contributed by atoms with van der Waals surface area (Å²) in [5.74, 6) is 1.41. The number of rotatable bonds is 4. The van der Waals surface area contributed by atoms with E-state index in [1.807, 2.05) is 0 Å². The highest BCUT2D eigenvalue weighted by Crippen LogP contribution is 2.24. The number of hydrogen-bond acceptors (Lipinski definition) is 4. The molecule has 0 aliphatic carbocycles. The molecule has 2 saturated heterocycles. The van der Waals surface area contributed by atoms with Gasteiger partial charge in [0.25, 0.3) is 0 Å². The summed E-state index contributed by atoms with van der Waals surface area (Å²) in [5, 5.41) is 0. The molecule has 0 amide bonds. The van der Waals surface area contributed by atoms with Crippen LogP contribution in [0.15, 0.2) is 0 Å². The smallest absolute Gasteiger partial charge is 0.0594 e. The van der Waals surface area contributed by atoms with Gasteiger partial charge >= 0.3 is 0 Å². The monoisotopic (exact) mass is 228 g/mol. The molecule has 1 atom stereocenters. The minimum atomic E-state index is 0.641.